The van der Waals surface area contributed by atoms with E-state index < -0.39 is 0 Å². The lowest BCUT2D eigenvalue weighted by Gasteiger charge is -2.30. The molecule has 152 valence electrons. The first-order valence-electron chi connectivity index (χ1n) is 9.92. The van der Waals surface area contributed by atoms with Crippen LogP contribution in [0.25, 0.3) is 10.8 Å². The van der Waals surface area contributed by atoms with Crippen LogP contribution in [0, 0.1) is 12.8 Å². The van der Waals surface area contributed by atoms with Crippen molar-refractivity contribution in [2.45, 2.75) is 39.8 Å². The average Bonchev–Trinajstić information content (AvgIpc) is 3.12. The number of anilines is 1. The summed E-state index contributed by atoms with van der Waals surface area (Å²) in [5, 5.41) is 11.0. The lowest BCUT2D eigenvalue weighted by atomic mass is 10.0. The molecule has 1 aromatic carbocycles. The number of likely N-dealkylation sites (tertiary alicyclic amines) is 1. The number of carbonyl (C=O) groups excluding carboxylic acids is 1. The van der Waals surface area contributed by atoms with Crippen molar-refractivity contribution in [3.63, 3.8) is 0 Å². The van der Waals surface area contributed by atoms with Crippen molar-refractivity contribution in [1.29, 1.82) is 0 Å². The summed E-state index contributed by atoms with van der Waals surface area (Å²) in [6.07, 6.45) is 2.51. The normalized spacial score (nSPS) is 17.5. The van der Waals surface area contributed by atoms with Crippen molar-refractivity contribution in [3.8, 4) is 0 Å². The third kappa shape index (κ3) is 4.54. The number of hydrogen-bond donors (Lipinski definition) is 1. The van der Waals surface area contributed by atoms with Gasteiger partial charge in [0.15, 0.2) is 5.13 Å². The number of piperidine rings is 1. The van der Waals surface area contributed by atoms with E-state index in [1.165, 1.54) is 28.9 Å². The van der Waals surface area contributed by atoms with Gasteiger partial charge in [0.05, 0.1) is 16.8 Å². The highest BCUT2D eigenvalue weighted by Gasteiger charge is 2.18. The maximum absolute atomic E-state index is 12.6. The van der Waals surface area contributed by atoms with Crippen LogP contribution in [0.15, 0.2) is 34.4 Å². The van der Waals surface area contributed by atoms with E-state index in [9.17, 15) is 9.59 Å². The Morgan fingerprint density at radius 2 is 2.10 bits per heavy atom. The number of aromatic nitrogens is 3. The van der Waals surface area contributed by atoms with Gasteiger partial charge >= 0.3 is 0 Å². The molecule has 4 rings (SSSR count). The van der Waals surface area contributed by atoms with Crippen molar-refractivity contribution in [1.82, 2.24) is 19.7 Å². The van der Waals surface area contributed by atoms with Crippen molar-refractivity contribution in [3.05, 3.63) is 51.4 Å². The standard InChI is InChI=1S/C21H25N5O2S/c1-14-6-5-9-25(10-14)11-16-13-29-21(22-16)23-19(27)12-26-20(28)18-8-4-3-7-17(18)15(2)24-26/h3-4,7-8,13-14H,5-6,9-12H2,1-2H3,(H,22,23,27)/t14-/m1/s1. The summed E-state index contributed by atoms with van der Waals surface area (Å²) < 4.78 is 1.22. The van der Waals surface area contributed by atoms with Gasteiger partial charge in [0.2, 0.25) is 5.91 Å². The fourth-order valence-electron chi connectivity index (χ4n) is 3.90. The molecule has 3 heterocycles. The molecule has 3 aromatic rings. The van der Waals surface area contributed by atoms with E-state index in [-0.39, 0.29) is 18.0 Å². The third-order valence-corrected chi connectivity index (χ3v) is 6.08. The lowest BCUT2D eigenvalue weighted by molar-refractivity contribution is -0.117. The number of hydrogen-bond acceptors (Lipinski definition) is 6. The zero-order valence-electron chi connectivity index (χ0n) is 16.7. The first kappa shape index (κ1) is 19.7. The topological polar surface area (TPSA) is 80.1 Å². The zero-order valence-corrected chi connectivity index (χ0v) is 17.5. The third-order valence-electron chi connectivity index (χ3n) is 5.27. The fourth-order valence-corrected chi connectivity index (χ4v) is 4.62. The number of amides is 1. The van der Waals surface area contributed by atoms with Crippen LogP contribution in [0.5, 0.6) is 0 Å². The number of benzene rings is 1. The minimum Gasteiger partial charge on any atom is -0.300 e. The second-order valence-corrected chi connectivity index (χ2v) is 8.63. The molecule has 29 heavy (non-hydrogen) atoms. The summed E-state index contributed by atoms with van der Waals surface area (Å²) in [4.78, 5) is 32.0. The molecule has 1 atom stereocenters. The SMILES string of the molecule is Cc1nn(CC(=O)Nc2nc(CN3CCC[C@@H](C)C3)cs2)c(=O)c2ccccc12. The van der Waals surface area contributed by atoms with E-state index in [1.54, 1.807) is 6.07 Å². The van der Waals surface area contributed by atoms with Gasteiger partial charge < -0.3 is 5.32 Å². The number of fused-ring (bicyclic) bond motifs is 1. The molecule has 0 radical (unpaired) electrons. The van der Waals surface area contributed by atoms with Gasteiger partial charge in [-0.15, -0.1) is 11.3 Å². The summed E-state index contributed by atoms with van der Waals surface area (Å²) in [7, 11) is 0. The van der Waals surface area contributed by atoms with Crippen LogP contribution in [0.3, 0.4) is 0 Å². The highest BCUT2D eigenvalue weighted by molar-refractivity contribution is 7.13. The van der Waals surface area contributed by atoms with E-state index >= 15 is 0 Å². The Hall–Kier alpha value is -2.58. The van der Waals surface area contributed by atoms with Gasteiger partial charge in [-0.2, -0.15) is 5.10 Å². The van der Waals surface area contributed by atoms with Gasteiger partial charge in [0, 0.05) is 23.9 Å². The van der Waals surface area contributed by atoms with Gasteiger partial charge in [-0.3, -0.25) is 14.5 Å². The Labute approximate surface area is 173 Å². The number of carbonyl (C=O) groups is 1. The minimum atomic E-state index is -0.304. The fraction of sp³-hybridized carbons (Fsp3) is 0.429. The maximum atomic E-state index is 12.6. The van der Waals surface area contributed by atoms with Crippen molar-refractivity contribution in [2.75, 3.05) is 18.4 Å². The van der Waals surface area contributed by atoms with Gasteiger partial charge in [-0.1, -0.05) is 25.1 Å². The number of nitrogens with one attached hydrogen (secondary N) is 1. The van der Waals surface area contributed by atoms with Crippen molar-refractivity contribution >= 4 is 33.1 Å². The van der Waals surface area contributed by atoms with Gasteiger partial charge in [0.1, 0.15) is 6.54 Å². The molecule has 1 amide bonds. The highest BCUT2D eigenvalue weighted by Crippen LogP contribution is 2.21. The highest BCUT2D eigenvalue weighted by atomic mass is 32.1. The summed E-state index contributed by atoms with van der Waals surface area (Å²) in [5.74, 6) is 0.416. The average molecular weight is 412 g/mol. The van der Waals surface area contributed by atoms with Crippen molar-refractivity contribution in [2.24, 2.45) is 5.92 Å². The Kier molecular flexibility index (Phi) is 5.73. The van der Waals surface area contributed by atoms with E-state index in [2.05, 4.69) is 27.2 Å². The molecule has 1 aliphatic rings. The molecule has 0 unspecified atom stereocenters. The first-order valence-corrected chi connectivity index (χ1v) is 10.8. The van der Waals surface area contributed by atoms with E-state index in [0.29, 0.717) is 10.5 Å². The second kappa shape index (κ2) is 8.42. The predicted octanol–water partition coefficient (Wildman–Crippen LogP) is 3.03. The van der Waals surface area contributed by atoms with Gasteiger partial charge in [0.25, 0.3) is 5.56 Å². The molecule has 1 N–H and O–H groups in total. The summed E-state index contributed by atoms with van der Waals surface area (Å²) in [6.45, 7) is 6.98. The molecule has 7 nitrogen and oxygen atoms in total. The maximum Gasteiger partial charge on any atom is 0.275 e. The van der Waals surface area contributed by atoms with E-state index in [4.69, 9.17) is 0 Å². The molecule has 1 fully saturated rings. The monoisotopic (exact) mass is 411 g/mol. The molecule has 1 saturated heterocycles. The van der Waals surface area contributed by atoms with Gasteiger partial charge in [-0.25, -0.2) is 9.67 Å². The largest absolute Gasteiger partial charge is 0.300 e. The van der Waals surface area contributed by atoms with E-state index in [0.717, 1.165) is 42.3 Å². The smallest absolute Gasteiger partial charge is 0.275 e. The number of thiazole rings is 1. The molecule has 1 aliphatic heterocycles. The van der Waals surface area contributed by atoms with Crippen LogP contribution in [-0.2, 0) is 17.9 Å². The van der Waals surface area contributed by atoms with Crippen molar-refractivity contribution < 1.29 is 4.79 Å². The number of aryl methyl sites for hydroxylation is 1. The van der Waals surface area contributed by atoms with E-state index in [1.807, 2.05) is 30.5 Å². The summed E-state index contributed by atoms with van der Waals surface area (Å²) >= 11 is 1.41. The Morgan fingerprint density at radius 1 is 1.31 bits per heavy atom. The zero-order chi connectivity index (χ0) is 20.4. The molecule has 2 aromatic heterocycles. The second-order valence-electron chi connectivity index (χ2n) is 7.77. The summed E-state index contributed by atoms with van der Waals surface area (Å²) in [5.41, 5.74) is 1.43. The molecule has 0 bridgehead atoms. The van der Waals surface area contributed by atoms with Crippen LogP contribution in [0.2, 0.25) is 0 Å². The number of rotatable bonds is 5. The van der Waals surface area contributed by atoms with Crippen LogP contribution >= 0.6 is 11.3 Å². The molecular weight excluding hydrogens is 386 g/mol. The Balaban J connectivity index is 1.42. The lowest BCUT2D eigenvalue weighted by Crippen LogP contribution is -2.33. The predicted molar refractivity (Wildman–Crippen MR) is 115 cm³/mol. The van der Waals surface area contributed by atoms with Crippen LogP contribution in [0.4, 0.5) is 5.13 Å². The quantitative estimate of drug-likeness (QED) is 0.698. The molecule has 0 saturated carbocycles. The van der Waals surface area contributed by atoms with Crippen LogP contribution in [-0.4, -0.2) is 38.7 Å². The first-order chi connectivity index (χ1) is 14.0. The van der Waals surface area contributed by atoms with Gasteiger partial charge in [-0.05, 0) is 38.3 Å². The van der Waals surface area contributed by atoms with Crippen LogP contribution < -0.4 is 10.9 Å². The Morgan fingerprint density at radius 3 is 2.90 bits per heavy atom. The Bertz CT molecular complexity index is 1090. The molecule has 8 heteroatoms. The molecule has 0 aliphatic carbocycles. The molecular formula is C21H25N5O2S. The molecule has 0 spiro atoms. The minimum absolute atomic E-state index is 0.136. The summed E-state index contributed by atoms with van der Waals surface area (Å²) in [6, 6.07) is 7.31. The number of nitrogens with zero attached hydrogens (tertiary/aromatic N) is 4. The van der Waals surface area contributed by atoms with Crippen LogP contribution in [0.1, 0.15) is 31.2 Å².